The first-order valence-electron chi connectivity index (χ1n) is 12.0. The summed E-state index contributed by atoms with van der Waals surface area (Å²) in [5.41, 5.74) is 12.0. The monoisotopic (exact) mass is 560 g/mol. The number of esters is 1. The van der Waals surface area contributed by atoms with E-state index in [1.165, 1.54) is 17.8 Å². The van der Waals surface area contributed by atoms with E-state index in [1.807, 2.05) is 6.07 Å². The summed E-state index contributed by atoms with van der Waals surface area (Å²) >= 11 is 0. The Morgan fingerprint density at radius 1 is 1.28 bits per heavy atom. The van der Waals surface area contributed by atoms with Crippen LogP contribution in [0.3, 0.4) is 0 Å². The molecule has 0 saturated carbocycles. The molecule has 208 valence electrons. The highest BCUT2D eigenvalue weighted by molar-refractivity contribution is 7.52. The molecule has 1 aliphatic rings. The smallest absolute Gasteiger partial charge is 0.459 e. The summed E-state index contributed by atoms with van der Waals surface area (Å²) in [7, 11) is -4.23. The summed E-state index contributed by atoms with van der Waals surface area (Å²) in [6.07, 6.45) is -2.59. The number of aliphatic hydroxyl groups is 1. The van der Waals surface area contributed by atoms with Crippen LogP contribution >= 0.6 is 7.75 Å². The van der Waals surface area contributed by atoms with Crippen LogP contribution < -0.4 is 21.1 Å². The summed E-state index contributed by atoms with van der Waals surface area (Å²) < 4.78 is 37.5. The minimum atomic E-state index is -4.23. The standard InChI is InChI=1S/C23H29N8O7P/c1-12(2)36-22(33)13(3)30-39(34,38-14-7-5-4-6-8-14)35-10-16-18(32)15(9-24)21(37-16)31-11-27-17-19(25)28-23(26)29-20(17)31/h4-8,11-13,15-16,18,21,32H,10H2,1-3H3,(H,30,34)(H4,25,26,28,29)/t13-,15+,16+,18-,21+,39?/m0/s1. The molecular weight excluding hydrogens is 531 g/mol. The van der Waals surface area contributed by atoms with Gasteiger partial charge in [-0.3, -0.25) is 13.9 Å². The van der Waals surface area contributed by atoms with E-state index < -0.39 is 56.8 Å². The number of hydrogen-bond donors (Lipinski definition) is 4. The van der Waals surface area contributed by atoms with Crippen LogP contribution in [0.1, 0.15) is 27.0 Å². The highest BCUT2D eigenvalue weighted by Crippen LogP contribution is 2.46. The second-order valence-electron chi connectivity index (χ2n) is 9.04. The number of nitrogens with zero attached hydrogens (tertiary/aromatic N) is 5. The van der Waals surface area contributed by atoms with Gasteiger partial charge in [0.2, 0.25) is 5.95 Å². The number of fused-ring (bicyclic) bond motifs is 1. The van der Waals surface area contributed by atoms with Gasteiger partial charge in [-0.15, -0.1) is 0 Å². The molecule has 6 atom stereocenters. The van der Waals surface area contributed by atoms with Gasteiger partial charge in [0.25, 0.3) is 0 Å². The number of para-hydroxylation sites is 1. The number of ether oxygens (including phenoxy) is 2. The summed E-state index contributed by atoms with van der Waals surface area (Å²) in [6.45, 7) is 4.34. The lowest BCUT2D eigenvalue weighted by atomic mass is 10.0. The van der Waals surface area contributed by atoms with E-state index in [0.29, 0.717) is 0 Å². The molecule has 3 heterocycles. The van der Waals surface area contributed by atoms with Crippen molar-refractivity contribution >= 4 is 36.6 Å². The van der Waals surface area contributed by atoms with Gasteiger partial charge in [0, 0.05) is 0 Å². The Morgan fingerprint density at radius 2 is 2.00 bits per heavy atom. The third kappa shape index (κ3) is 6.27. The zero-order chi connectivity index (χ0) is 28.3. The number of hydrogen-bond acceptors (Lipinski definition) is 13. The van der Waals surface area contributed by atoms with Gasteiger partial charge in [-0.25, -0.2) is 9.55 Å². The number of anilines is 2. The van der Waals surface area contributed by atoms with Gasteiger partial charge in [0.15, 0.2) is 17.7 Å². The SMILES string of the molecule is CC(C)OC(=O)[C@H](C)NP(=O)(OC[C@H]1O[C@@H](n2cnc3c(N)nc(N)nc32)[C@H](C#N)[C@@H]1O)Oc1ccccc1. The Bertz CT molecular complexity index is 1410. The van der Waals surface area contributed by atoms with Crippen molar-refractivity contribution in [2.45, 2.75) is 51.4 Å². The van der Waals surface area contributed by atoms with Crippen molar-refractivity contribution in [2.75, 3.05) is 18.1 Å². The van der Waals surface area contributed by atoms with Crippen molar-refractivity contribution in [1.82, 2.24) is 24.6 Å². The number of aliphatic hydroxyl groups excluding tert-OH is 1. The quantitative estimate of drug-likeness (QED) is 0.204. The van der Waals surface area contributed by atoms with E-state index in [1.54, 1.807) is 44.2 Å². The first-order valence-corrected chi connectivity index (χ1v) is 13.5. The molecule has 15 nitrogen and oxygen atoms in total. The van der Waals surface area contributed by atoms with Crippen molar-refractivity contribution in [3.8, 4) is 11.8 Å². The van der Waals surface area contributed by atoms with E-state index >= 15 is 0 Å². The lowest BCUT2D eigenvalue weighted by molar-refractivity contribution is -0.149. The number of carbonyl (C=O) groups excluding carboxylic acids is 1. The van der Waals surface area contributed by atoms with Crippen LogP contribution in [0.2, 0.25) is 0 Å². The highest BCUT2D eigenvalue weighted by atomic mass is 31.2. The third-order valence-electron chi connectivity index (χ3n) is 5.69. The number of benzene rings is 1. The summed E-state index contributed by atoms with van der Waals surface area (Å²) in [6, 6.07) is 9.14. The van der Waals surface area contributed by atoms with Gasteiger partial charge in [-0.1, -0.05) is 18.2 Å². The average molecular weight is 561 g/mol. The lowest BCUT2D eigenvalue weighted by Crippen LogP contribution is -2.37. The number of rotatable bonds is 10. The van der Waals surface area contributed by atoms with Crippen LogP contribution in [0.25, 0.3) is 11.2 Å². The average Bonchev–Trinajstić information content (AvgIpc) is 3.43. The largest absolute Gasteiger partial charge is 0.462 e. The summed E-state index contributed by atoms with van der Waals surface area (Å²) in [5.74, 6) is -1.61. The number of imidazole rings is 1. The second kappa shape index (κ2) is 11.5. The fourth-order valence-electron chi connectivity index (χ4n) is 3.91. The van der Waals surface area contributed by atoms with E-state index in [-0.39, 0.29) is 28.7 Å². The molecule has 16 heteroatoms. The van der Waals surface area contributed by atoms with Gasteiger partial charge in [0.05, 0.1) is 25.1 Å². The minimum Gasteiger partial charge on any atom is -0.462 e. The fourth-order valence-corrected chi connectivity index (χ4v) is 5.41. The van der Waals surface area contributed by atoms with Crippen LogP contribution in [-0.4, -0.2) is 61.6 Å². The van der Waals surface area contributed by atoms with Gasteiger partial charge < -0.3 is 30.6 Å². The Balaban J connectivity index is 1.55. The highest BCUT2D eigenvalue weighted by Gasteiger charge is 2.47. The molecule has 3 aromatic rings. The fraction of sp³-hybridized carbons (Fsp3) is 0.435. The molecule has 1 unspecified atom stereocenters. The van der Waals surface area contributed by atoms with Crippen molar-refractivity contribution in [1.29, 1.82) is 5.26 Å². The normalized spacial score (nSPS) is 23.3. The predicted molar refractivity (Wildman–Crippen MR) is 138 cm³/mol. The first kappa shape index (κ1) is 28.2. The Kier molecular flexibility index (Phi) is 8.34. The van der Waals surface area contributed by atoms with E-state index in [9.17, 15) is 19.7 Å². The number of nitriles is 1. The zero-order valence-corrected chi connectivity index (χ0v) is 22.3. The van der Waals surface area contributed by atoms with Crippen LogP contribution in [0, 0.1) is 17.2 Å². The van der Waals surface area contributed by atoms with Gasteiger partial charge in [-0.2, -0.15) is 20.3 Å². The molecule has 6 N–H and O–H groups in total. The summed E-state index contributed by atoms with van der Waals surface area (Å²) in [4.78, 5) is 24.5. The van der Waals surface area contributed by atoms with Crippen molar-refractivity contribution in [3.05, 3.63) is 36.7 Å². The lowest BCUT2D eigenvalue weighted by Gasteiger charge is -2.25. The number of nitrogens with one attached hydrogen (secondary N) is 1. The van der Waals surface area contributed by atoms with Crippen molar-refractivity contribution in [3.63, 3.8) is 0 Å². The molecule has 1 aromatic carbocycles. The molecule has 0 bridgehead atoms. The van der Waals surface area contributed by atoms with Crippen molar-refractivity contribution < 1.29 is 33.0 Å². The molecule has 0 radical (unpaired) electrons. The first-order chi connectivity index (χ1) is 18.5. The van der Waals surface area contributed by atoms with E-state index in [2.05, 4.69) is 20.0 Å². The topological polar surface area (TPSA) is 223 Å². The molecule has 0 aliphatic carbocycles. The van der Waals surface area contributed by atoms with Crippen LogP contribution in [0.15, 0.2) is 36.7 Å². The number of carbonyl (C=O) groups is 1. The van der Waals surface area contributed by atoms with Gasteiger partial charge in [0.1, 0.15) is 35.4 Å². The predicted octanol–water partition coefficient (Wildman–Crippen LogP) is 1.52. The number of nitrogen functional groups attached to an aromatic ring is 2. The van der Waals surface area contributed by atoms with E-state index in [0.717, 1.165) is 0 Å². The Hall–Kier alpha value is -3.80. The molecule has 1 fully saturated rings. The van der Waals surface area contributed by atoms with Gasteiger partial charge in [-0.05, 0) is 32.9 Å². The molecule has 2 aromatic heterocycles. The van der Waals surface area contributed by atoms with Crippen molar-refractivity contribution in [2.24, 2.45) is 5.92 Å². The Morgan fingerprint density at radius 3 is 2.67 bits per heavy atom. The molecule has 4 rings (SSSR count). The number of aromatic nitrogens is 4. The molecule has 39 heavy (non-hydrogen) atoms. The molecule has 0 spiro atoms. The second-order valence-corrected chi connectivity index (χ2v) is 10.7. The third-order valence-corrected chi connectivity index (χ3v) is 7.34. The zero-order valence-electron chi connectivity index (χ0n) is 21.4. The van der Waals surface area contributed by atoms with Crippen LogP contribution in [-0.2, 0) is 23.4 Å². The minimum absolute atomic E-state index is 0.0402. The maximum Gasteiger partial charge on any atom is 0.459 e. The van der Waals surface area contributed by atoms with Crippen LogP contribution in [0.4, 0.5) is 11.8 Å². The maximum atomic E-state index is 13.7. The Labute approximate surface area is 223 Å². The number of nitrogens with two attached hydrogens (primary N) is 2. The molecule has 0 amide bonds. The summed E-state index contributed by atoms with van der Waals surface area (Å²) in [5, 5.41) is 23.2. The van der Waals surface area contributed by atoms with Gasteiger partial charge >= 0.3 is 13.7 Å². The van der Waals surface area contributed by atoms with E-state index in [4.69, 9.17) is 30.0 Å². The molecule has 1 aliphatic heterocycles. The maximum absolute atomic E-state index is 13.7. The molecule has 1 saturated heterocycles. The van der Waals surface area contributed by atoms with Crippen LogP contribution in [0.5, 0.6) is 5.75 Å². The molecular formula is C23H29N8O7P.